The highest BCUT2D eigenvalue weighted by molar-refractivity contribution is 7.67. The van der Waals surface area contributed by atoms with Crippen LogP contribution in [0.1, 0.15) is 16.9 Å². The van der Waals surface area contributed by atoms with Crippen LogP contribution in [0.25, 0.3) is 0 Å². The molecule has 0 radical (unpaired) electrons. The van der Waals surface area contributed by atoms with E-state index in [0.29, 0.717) is 5.30 Å². The molecule has 33 heavy (non-hydrogen) atoms. The summed E-state index contributed by atoms with van der Waals surface area (Å²) in [6.07, 6.45) is 3.46. The minimum atomic E-state index is -3.45. The number of nitrogens with one attached hydrogen (secondary N) is 1. The summed E-state index contributed by atoms with van der Waals surface area (Å²) in [5.41, 5.74) is 3.66. The second-order valence-electron chi connectivity index (χ2n) is 7.97. The lowest BCUT2D eigenvalue weighted by molar-refractivity contribution is 0.305. The fourth-order valence-corrected chi connectivity index (χ4v) is 5.96. The van der Waals surface area contributed by atoms with Gasteiger partial charge in [0.2, 0.25) is 0 Å². The fraction of sp³-hybridized carbons (Fsp3) is 0.148. The van der Waals surface area contributed by atoms with E-state index in [-0.39, 0.29) is 6.61 Å². The summed E-state index contributed by atoms with van der Waals surface area (Å²) in [6.45, 7) is 0.237. The summed E-state index contributed by atoms with van der Waals surface area (Å²) in [5, 5.41) is 4.12. The predicted molar refractivity (Wildman–Crippen MR) is 136 cm³/mol. The quantitative estimate of drug-likeness (QED) is 0.309. The van der Waals surface area contributed by atoms with E-state index in [1.54, 1.807) is 12.4 Å². The third-order valence-electron chi connectivity index (χ3n) is 5.41. The standard InChI is InChI=1S/C27H28N3O2P/c1-30(2)25-15-17-26(18-16-25)33(31,32-21-22-10-5-3-6-11-22)27(23-12-9-19-28-20-23)29-24-13-7-4-8-14-24/h3-20,27,29H,21H2,1-2H3. The maximum atomic E-state index is 14.8. The first-order valence-electron chi connectivity index (χ1n) is 10.8. The monoisotopic (exact) mass is 457 g/mol. The molecule has 0 fully saturated rings. The van der Waals surface area contributed by atoms with Gasteiger partial charge in [0, 0.05) is 48.7 Å². The maximum Gasteiger partial charge on any atom is 0.258 e. The van der Waals surface area contributed by atoms with Gasteiger partial charge in [-0.1, -0.05) is 54.6 Å². The van der Waals surface area contributed by atoms with Crippen molar-refractivity contribution >= 4 is 24.0 Å². The Hall–Kier alpha value is -3.40. The van der Waals surface area contributed by atoms with Crippen molar-refractivity contribution in [3.8, 4) is 0 Å². The molecule has 1 N–H and O–H groups in total. The number of para-hydroxylation sites is 1. The summed E-state index contributed by atoms with van der Waals surface area (Å²) in [6, 6.07) is 31.1. The molecule has 0 spiro atoms. The van der Waals surface area contributed by atoms with Crippen molar-refractivity contribution in [1.82, 2.24) is 4.98 Å². The van der Waals surface area contributed by atoms with E-state index >= 15 is 0 Å². The van der Waals surface area contributed by atoms with Gasteiger partial charge >= 0.3 is 0 Å². The Morgan fingerprint density at radius 1 is 0.879 bits per heavy atom. The highest BCUT2D eigenvalue weighted by atomic mass is 31.2. The van der Waals surface area contributed by atoms with Crippen LogP contribution < -0.4 is 15.5 Å². The maximum absolute atomic E-state index is 14.8. The second kappa shape index (κ2) is 10.5. The zero-order valence-electron chi connectivity index (χ0n) is 18.8. The number of rotatable bonds is 9. The summed E-state index contributed by atoms with van der Waals surface area (Å²) in [5.74, 6) is -0.609. The summed E-state index contributed by atoms with van der Waals surface area (Å²) < 4.78 is 21.2. The molecule has 0 bridgehead atoms. The van der Waals surface area contributed by atoms with Gasteiger partial charge in [0.05, 0.1) is 6.61 Å². The average molecular weight is 458 g/mol. The molecule has 0 amide bonds. The molecule has 4 rings (SSSR count). The average Bonchev–Trinajstić information content (AvgIpc) is 2.88. The van der Waals surface area contributed by atoms with Crippen LogP contribution in [-0.2, 0) is 15.7 Å². The van der Waals surface area contributed by atoms with Crippen LogP contribution in [0.15, 0.2) is 109 Å². The van der Waals surface area contributed by atoms with Crippen molar-refractivity contribution in [1.29, 1.82) is 0 Å². The Kier molecular flexibility index (Phi) is 7.23. The van der Waals surface area contributed by atoms with E-state index in [1.165, 1.54) is 0 Å². The molecule has 2 atom stereocenters. The zero-order chi connectivity index (χ0) is 23.1. The molecular weight excluding hydrogens is 429 g/mol. The van der Waals surface area contributed by atoms with Gasteiger partial charge in [-0.3, -0.25) is 9.55 Å². The van der Waals surface area contributed by atoms with Gasteiger partial charge in [0.15, 0.2) is 0 Å². The van der Waals surface area contributed by atoms with Gasteiger partial charge in [-0.25, -0.2) is 0 Å². The highest BCUT2D eigenvalue weighted by Gasteiger charge is 2.38. The topological polar surface area (TPSA) is 54.5 Å². The first-order chi connectivity index (χ1) is 16.1. The molecular formula is C27H28N3O2P. The van der Waals surface area contributed by atoms with Gasteiger partial charge in [-0.05, 0) is 48.0 Å². The molecule has 3 aromatic carbocycles. The SMILES string of the molecule is CN(C)c1ccc(P(=O)(OCc2ccccc2)C(Nc2ccccc2)c2cccnc2)cc1. The second-order valence-corrected chi connectivity index (χ2v) is 10.5. The zero-order valence-corrected chi connectivity index (χ0v) is 19.7. The van der Waals surface area contributed by atoms with Gasteiger partial charge in [0.1, 0.15) is 5.78 Å². The molecule has 1 aromatic heterocycles. The van der Waals surface area contributed by atoms with Crippen molar-refractivity contribution in [3.63, 3.8) is 0 Å². The van der Waals surface area contributed by atoms with Crippen molar-refractivity contribution < 1.29 is 9.09 Å². The van der Waals surface area contributed by atoms with Crippen LogP contribution in [0.5, 0.6) is 0 Å². The molecule has 0 saturated carbocycles. The predicted octanol–water partition coefficient (Wildman–Crippen LogP) is 6.08. The number of benzene rings is 3. The molecule has 6 heteroatoms. The molecule has 0 aliphatic carbocycles. The Bertz CT molecular complexity index is 1180. The molecule has 2 unspecified atom stereocenters. The largest absolute Gasteiger partial charge is 0.378 e. The van der Waals surface area contributed by atoms with Gasteiger partial charge < -0.3 is 14.7 Å². The Balaban J connectivity index is 1.79. The number of pyridine rings is 1. The Labute approximate surface area is 195 Å². The van der Waals surface area contributed by atoms with E-state index in [2.05, 4.69) is 10.3 Å². The van der Waals surface area contributed by atoms with E-state index in [1.807, 2.05) is 116 Å². The lowest BCUT2D eigenvalue weighted by atomic mass is 10.2. The molecule has 168 valence electrons. The third kappa shape index (κ3) is 5.51. The Morgan fingerprint density at radius 2 is 1.55 bits per heavy atom. The molecule has 0 aliphatic heterocycles. The van der Waals surface area contributed by atoms with Crippen LogP contribution in [0, 0.1) is 0 Å². The van der Waals surface area contributed by atoms with Crippen LogP contribution in [0.4, 0.5) is 11.4 Å². The number of nitrogens with zero attached hydrogens (tertiary/aromatic N) is 2. The first-order valence-corrected chi connectivity index (χ1v) is 12.5. The van der Waals surface area contributed by atoms with Gasteiger partial charge in [-0.15, -0.1) is 0 Å². The lowest BCUT2D eigenvalue weighted by Gasteiger charge is -2.30. The summed E-state index contributed by atoms with van der Waals surface area (Å²) >= 11 is 0. The van der Waals surface area contributed by atoms with E-state index < -0.39 is 13.2 Å². The van der Waals surface area contributed by atoms with E-state index in [4.69, 9.17) is 4.52 Å². The van der Waals surface area contributed by atoms with Gasteiger partial charge in [-0.2, -0.15) is 0 Å². The number of aromatic nitrogens is 1. The molecule has 0 aliphatic rings. The lowest BCUT2D eigenvalue weighted by Crippen LogP contribution is -2.21. The van der Waals surface area contributed by atoms with Crippen molar-refractivity contribution in [2.75, 3.05) is 24.3 Å². The molecule has 5 nitrogen and oxygen atoms in total. The third-order valence-corrected chi connectivity index (χ3v) is 8.05. The van der Waals surface area contributed by atoms with Crippen LogP contribution in [0.2, 0.25) is 0 Å². The van der Waals surface area contributed by atoms with Crippen molar-refractivity contribution in [2.45, 2.75) is 12.4 Å². The fourth-order valence-electron chi connectivity index (χ4n) is 3.60. The minimum Gasteiger partial charge on any atom is -0.378 e. The summed E-state index contributed by atoms with van der Waals surface area (Å²) in [4.78, 5) is 6.30. The van der Waals surface area contributed by atoms with Crippen molar-refractivity contribution in [2.24, 2.45) is 0 Å². The number of hydrogen-bond acceptors (Lipinski definition) is 5. The molecule has 4 aromatic rings. The molecule has 1 heterocycles. The first kappa shape index (κ1) is 22.8. The summed E-state index contributed by atoms with van der Waals surface area (Å²) in [7, 11) is 0.510. The smallest absolute Gasteiger partial charge is 0.258 e. The van der Waals surface area contributed by atoms with Crippen LogP contribution >= 0.6 is 7.37 Å². The van der Waals surface area contributed by atoms with Crippen LogP contribution in [0.3, 0.4) is 0 Å². The minimum absolute atomic E-state index is 0.237. The van der Waals surface area contributed by atoms with E-state index in [0.717, 1.165) is 22.5 Å². The molecule has 0 saturated heterocycles. The highest BCUT2D eigenvalue weighted by Crippen LogP contribution is 2.59. The number of hydrogen-bond donors (Lipinski definition) is 1. The van der Waals surface area contributed by atoms with Crippen molar-refractivity contribution in [3.05, 3.63) is 121 Å². The normalized spacial score (nSPS) is 13.6. The van der Waals surface area contributed by atoms with E-state index in [9.17, 15) is 4.57 Å². The number of anilines is 2. The van der Waals surface area contributed by atoms with Crippen LogP contribution in [-0.4, -0.2) is 19.1 Å². The Morgan fingerprint density at radius 3 is 2.15 bits per heavy atom. The van der Waals surface area contributed by atoms with Gasteiger partial charge in [0.25, 0.3) is 7.37 Å².